The molecule has 0 bridgehead atoms. The predicted octanol–water partition coefficient (Wildman–Crippen LogP) is 1.09. The molecule has 0 aliphatic carbocycles. The van der Waals surface area contributed by atoms with Crippen LogP contribution in [-0.4, -0.2) is 27.2 Å². The van der Waals surface area contributed by atoms with Crippen LogP contribution in [0.15, 0.2) is 23.1 Å². The molecule has 0 N–H and O–H groups in total. The van der Waals surface area contributed by atoms with Crippen molar-refractivity contribution in [3.8, 4) is 5.75 Å². The Balaban J connectivity index is 2.40. The number of ether oxygens (including phenoxy) is 2. The third-order valence-corrected chi connectivity index (χ3v) is 3.56. The van der Waals surface area contributed by atoms with Gasteiger partial charge in [-0.25, -0.2) is 8.42 Å². The van der Waals surface area contributed by atoms with Gasteiger partial charge in [-0.2, -0.15) is 0 Å². The maximum absolute atomic E-state index is 11.4. The summed E-state index contributed by atoms with van der Waals surface area (Å²) in [5.74, 6) is 0.139. The molecule has 1 atom stereocenters. The zero-order chi connectivity index (χ0) is 12.6. The molecule has 0 spiro atoms. The molecule has 0 saturated heterocycles. The molecule has 0 amide bonds. The molecular weight excluding hydrogens is 244 g/mol. The first-order valence-corrected chi connectivity index (χ1v) is 6.91. The van der Waals surface area contributed by atoms with Crippen LogP contribution < -0.4 is 4.74 Å². The van der Waals surface area contributed by atoms with Gasteiger partial charge in [-0.1, -0.05) is 0 Å². The van der Waals surface area contributed by atoms with Crippen LogP contribution in [0.3, 0.4) is 0 Å². The summed E-state index contributed by atoms with van der Waals surface area (Å²) in [6, 6.07) is 4.55. The van der Waals surface area contributed by atoms with Gasteiger partial charge in [0.1, 0.15) is 12.4 Å². The summed E-state index contributed by atoms with van der Waals surface area (Å²) in [4.78, 5) is 11.1. The minimum atomic E-state index is -3.27. The molecule has 2 rings (SSSR count). The Morgan fingerprint density at radius 2 is 2.18 bits per heavy atom. The Bertz CT molecular complexity index is 561. The number of fused-ring (bicyclic) bond motifs is 1. The zero-order valence-electron chi connectivity index (χ0n) is 9.47. The Hall–Kier alpha value is -1.56. The number of benzene rings is 1. The summed E-state index contributed by atoms with van der Waals surface area (Å²) in [5, 5.41) is 0. The SMILES string of the molecule is CC(=O)OC1COc2ccc(S(C)(=O)=O)cc21. The molecule has 5 nitrogen and oxygen atoms in total. The molecule has 0 fully saturated rings. The number of hydrogen-bond acceptors (Lipinski definition) is 5. The lowest BCUT2D eigenvalue weighted by Crippen LogP contribution is -2.09. The third-order valence-electron chi connectivity index (χ3n) is 2.45. The van der Waals surface area contributed by atoms with Crippen LogP contribution in [0.1, 0.15) is 18.6 Å². The van der Waals surface area contributed by atoms with E-state index in [1.54, 1.807) is 6.07 Å². The summed E-state index contributed by atoms with van der Waals surface area (Å²) < 4.78 is 33.2. The summed E-state index contributed by atoms with van der Waals surface area (Å²) in [6.45, 7) is 1.53. The molecule has 17 heavy (non-hydrogen) atoms. The van der Waals surface area contributed by atoms with Crippen molar-refractivity contribution in [1.82, 2.24) is 0 Å². The van der Waals surface area contributed by atoms with Crippen LogP contribution in [0, 0.1) is 0 Å². The predicted molar refractivity (Wildman–Crippen MR) is 59.6 cm³/mol. The Kier molecular flexibility index (Phi) is 2.82. The van der Waals surface area contributed by atoms with E-state index in [1.165, 1.54) is 19.1 Å². The molecule has 1 unspecified atom stereocenters. The van der Waals surface area contributed by atoms with Crippen LogP contribution in [-0.2, 0) is 19.4 Å². The first-order chi connectivity index (χ1) is 7.88. The third kappa shape index (κ3) is 2.41. The van der Waals surface area contributed by atoms with Crippen molar-refractivity contribution in [2.45, 2.75) is 17.9 Å². The van der Waals surface area contributed by atoms with Gasteiger partial charge in [0.15, 0.2) is 15.9 Å². The molecule has 0 aromatic heterocycles. The number of carbonyl (C=O) groups excluding carboxylic acids is 1. The van der Waals surface area contributed by atoms with E-state index in [4.69, 9.17) is 9.47 Å². The number of carbonyl (C=O) groups is 1. The van der Waals surface area contributed by atoms with Gasteiger partial charge in [0.25, 0.3) is 0 Å². The van der Waals surface area contributed by atoms with Gasteiger partial charge in [-0.3, -0.25) is 4.79 Å². The minimum Gasteiger partial charge on any atom is -0.489 e. The largest absolute Gasteiger partial charge is 0.489 e. The summed E-state index contributed by atoms with van der Waals surface area (Å²) >= 11 is 0. The van der Waals surface area contributed by atoms with E-state index in [0.717, 1.165) is 6.26 Å². The molecule has 1 heterocycles. The van der Waals surface area contributed by atoms with Gasteiger partial charge in [0, 0.05) is 18.7 Å². The number of rotatable bonds is 2. The van der Waals surface area contributed by atoms with Crippen molar-refractivity contribution in [2.24, 2.45) is 0 Å². The second-order valence-corrected chi connectivity index (χ2v) is 5.90. The lowest BCUT2D eigenvalue weighted by atomic mass is 10.1. The normalized spacial score (nSPS) is 18.4. The van der Waals surface area contributed by atoms with Crippen molar-refractivity contribution < 1.29 is 22.7 Å². The Labute approximate surface area is 99.3 Å². The van der Waals surface area contributed by atoms with Crippen LogP contribution in [0.25, 0.3) is 0 Å². The molecule has 1 aromatic rings. The first-order valence-electron chi connectivity index (χ1n) is 5.02. The standard InChI is InChI=1S/C11H12O5S/c1-7(12)16-11-6-15-10-4-3-8(5-9(10)11)17(2,13)14/h3-5,11H,6H2,1-2H3. The number of sulfone groups is 1. The lowest BCUT2D eigenvalue weighted by molar-refractivity contribution is -0.147. The Morgan fingerprint density at radius 1 is 1.47 bits per heavy atom. The van der Waals surface area contributed by atoms with E-state index in [-0.39, 0.29) is 11.5 Å². The molecule has 1 aliphatic rings. The van der Waals surface area contributed by atoms with Gasteiger partial charge >= 0.3 is 5.97 Å². The highest BCUT2D eigenvalue weighted by Gasteiger charge is 2.28. The maximum Gasteiger partial charge on any atom is 0.303 e. The lowest BCUT2D eigenvalue weighted by Gasteiger charge is -2.09. The van der Waals surface area contributed by atoms with Gasteiger partial charge in [0.2, 0.25) is 0 Å². The maximum atomic E-state index is 11.4. The van der Waals surface area contributed by atoms with Gasteiger partial charge in [0.05, 0.1) is 4.90 Å². The molecule has 1 aliphatic heterocycles. The molecule has 0 saturated carbocycles. The van der Waals surface area contributed by atoms with Crippen molar-refractivity contribution in [3.63, 3.8) is 0 Å². The van der Waals surface area contributed by atoms with E-state index in [2.05, 4.69) is 0 Å². The highest BCUT2D eigenvalue weighted by atomic mass is 32.2. The summed E-state index contributed by atoms with van der Waals surface area (Å²) in [7, 11) is -3.27. The summed E-state index contributed by atoms with van der Waals surface area (Å²) in [5.41, 5.74) is 0.600. The van der Waals surface area contributed by atoms with E-state index >= 15 is 0 Å². The van der Waals surface area contributed by atoms with Gasteiger partial charge in [-0.05, 0) is 18.2 Å². The minimum absolute atomic E-state index is 0.193. The quantitative estimate of drug-likeness (QED) is 0.741. The smallest absolute Gasteiger partial charge is 0.303 e. The van der Waals surface area contributed by atoms with Gasteiger partial charge < -0.3 is 9.47 Å². The molecule has 0 radical (unpaired) electrons. The monoisotopic (exact) mass is 256 g/mol. The zero-order valence-corrected chi connectivity index (χ0v) is 10.3. The fourth-order valence-electron chi connectivity index (χ4n) is 1.69. The average Bonchev–Trinajstić information content (AvgIpc) is 2.59. The van der Waals surface area contributed by atoms with Gasteiger partial charge in [-0.15, -0.1) is 0 Å². The van der Waals surface area contributed by atoms with E-state index < -0.39 is 21.9 Å². The van der Waals surface area contributed by atoms with Crippen LogP contribution in [0.2, 0.25) is 0 Å². The molecule has 6 heteroatoms. The second-order valence-electron chi connectivity index (χ2n) is 3.88. The topological polar surface area (TPSA) is 69.7 Å². The average molecular weight is 256 g/mol. The Morgan fingerprint density at radius 3 is 2.76 bits per heavy atom. The van der Waals surface area contributed by atoms with Crippen molar-refractivity contribution in [1.29, 1.82) is 0 Å². The van der Waals surface area contributed by atoms with Crippen molar-refractivity contribution >= 4 is 15.8 Å². The molecule has 92 valence electrons. The van der Waals surface area contributed by atoms with E-state index in [1.807, 2.05) is 0 Å². The fraction of sp³-hybridized carbons (Fsp3) is 0.364. The first kappa shape index (κ1) is 11.9. The number of esters is 1. The van der Waals surface area contributed by atoms with Crippen LogP contribution in [0.4, 0.5) is 0 Å². The fourth-order valence-corrected chi connectivity index (χ4v) is 2.35. The number of hydrogen-bond donors (Lipinski definition) is 0. The highest BCUT2D eigenvalue weighted by molar-refractivity contribution is 7.90. The van der Waals surface area contributed by atoms with Crippen LogP contribution >= 0.6 is 0 Å². The van der Waals surface area contributed by atoms with Crippen molar-refractivity contribution in [2.75, 3.05) is 12.9 Å². The summed E-state index contributed by atoms with van der Waals surface area (Å²) in [6.07, 6.45) is 0.606. The van der Waals surface area contributed by atoms with E-state index in [0.29, 0.717) is 11.3 Å². The van der Waals surface area contributed by atoms with Crippen molar-refractivity contribution in [3.05, 3.63) is 23.8 Å². The van der Waals surface area contributed by atoms with E-state index in [9.17, 15) is 13.2 Å². The second kappa shape index (κ2) is 4.03. The molecule has 1 aromatic carbocycles. The molecular formula is C11H12O5S. The highest BCUT2D eigenvalue weighted by Crippen LogP contribution is 2.36. The van der Waals surface area contributed by atoms with Crippen LogP contribution in [0.5, 0.6) is 5.75 Å².